The molecule has 0 bridgehead atoms. The quantitative estimate of drug-likeness (QED) is 0.668. The Morgan fingerprint density at radius 1 is 1.35 bits per heavy atom. The average molecular weight is 318 g/mol. The van der Waals surface area contributed by atoms with Gasteiger partial charge in [-0.15, -0.1) is 0 Å². The number of aromatic nitrogens is 1. The number of nitrogens with one attached hydrogen (secondary N) is 1. The first kappa shape index (κ1) is 15.4. The minimum Gasteiger partial charge on any atom is -0.355 e. The number of likely N-dealkylation sites (tertiary alicyclic amines) is 1. The van der Waals surface area contributed by atoms with Gasteiger partial charge >= 0.3 is 0 Å². The number of benzene rings is 1. The molecule has 122 valence electrons. The predicted molar refractivity (Wildman–Crippen MR) is 83.3 cm³/mol. The van der Waals surface area contributed by atoms with Crippen LogP contribution in [0.5, 0.6) is 0 Å². The number of amides is 1. The number of fused-ring (bicyclic) bond motifs is 1. The van der Waals surface area contributed by atoms with Gasteiger partial charge in [0.25, 0.3) is 11.6 Å². The number of hydrogen-bond donors (Lipinski definition) is 1. The van der Waals surface area contributed by atoms with E-state index in [0.29, 0.717) is 11.9 Å². The minimum atomic E-state index is -0.514. The summed E-state index contributed by atoms with van der Waals surface area (Å²) < 4.78 is 5.03. The van der Waals surface area contributed by atoms with E-state index < -0.39 is 4.92 Å². The molecule has 0 aliphatic carbocycles. The van der Waals surface area contributed by atoms with Gasteiger partial charge < -0.3 is 14.7 Å². The van der Waals surface area contributed by atoms with Crippen LogP contribution >= 0.6 is 0 Å². The molecule has 3 rings (SSSR count). The normalized spacial score (nSPS) is 15.7. The molecule has 0 unspecified atom stereocenters. The minimum absolute atomic E-state index is 0.0919. The molecule has 1 amide bonds. The van der Waals surface area contributed by atoms with Crippen LogP contribution in [0.4, 0.5) is 5.69 Å². The topological polar surface area (TPSA) is 102 Å². The Hall–Kier alpha value is -2.48. The maximum Gasteiger partial charge on any atom is 0.274 e. The van der Waals surface area contributed by atoms with Gasteiger partial charge in [-0.2, -0.15) is 0 Å². The van der Waals surface area contributed by atoms with Gasteiger partial charge in [-0.1, -0.05) is 11.6 Å². The molecular weight excluding hydrogens is 300 g/mol. The van der Waals surface area contributed by atoms with Gasteiger partial charge in [0.2, 0.25) is 0 Å². The van der Waals surface area contributed by atoms with Crippen LogP contribution in [-0.2, 0) is 0 Å². The van der Waals surface area contributed by atoms with Crippen molar-refractivity contribution in [2.45, 2.75) is 19.3 Å². The zero-order chi connectivity index (χ0) is 16.2. The fourth-order valence-electron chi connectivity index (χ4n) is 2.80. The maximum absolute atomic E-state index is 12.2. The zero-order valence-corrected chi connectivity index (χ0v) is 12.7. The first-order chi connectivity index (χ1) is 11.1. The van der Waals surface area contributed by atoms with Crippen LogP contribution in [0.25, 0.3) is 11.0 Å². The van der Waals surface area contributed by atoms with Crippen LogP contribution in [0.1, 0.15) is 29.8 Å². The third-order valence-electron chi connectivity index (χ3n) is 4.04. The summed E-state index contributed by atoms with van der Waals surface area (Å²) in [5.74, 6) is -0.324. The summed E-state index contributed by atoms with van der Waals surface area (Å²) in [6.07, 6.45) is 3.70. The zero-order valence-electron chi connectivity index (χ0n) is 12.7. The summed E-state index contributed by atoms with van der Waals surface area (Å²) in [5, 5.41) is 17.8. The number of carbonyl (C=O) groups is 1. The Morgan fingerprint density at radius 2 is 2.13 bits per heavy atom. The molecule has 1 aromatic heterocycles. The van der Waals surface area contributed by atoms with Crippen LogP contribution in [-0.4, -0.2) is 47.1 Å². The molecule has 0 saturated carbocycles. The van der Waals surface area contributed by atoms with Gasteiger partial charge in [0.1, 0.15) is 0 Å². The average Bonchev–Trinajstić information content (AvgIpc) is 2.99. The lowest BCUT2D eigenvalue weighted by molar-refractivity contribution is -0.384. The summed E-state index contributed by atoms with van der Waals surface area (Å²) in [6, 6.07) is 4.10. The number of nitrogens with zero attached hydrogens (tertiary/aromatic N) is 3. The van der Waals surface area contributed by atoms with Crippen molar-refractivity contribution >= 4 is 22.6 Å². The van der Waals surface area contributed by atoms with Gasteiger partial charge in [0.15, 0.2) is 11.3 Å². The number of carbonyl (C=O) groups excluding carboxylic acids is 1. The second-order valence-electron chi connectivity index (χ2n) is 5.63. The first-order valence-corrected chi connectivity index (χ1v) is 7.69. The lowest BCUT2D eigenvalue weighted by Crippen LogP contribution is -2.37. The summed E-state index contributed by atoms with van der Waals surface area (Å²) in [6.45, 7) is 3.51. The highest BCUT2D eigenvalue weighted by Crippen LogP contribution is 2.23. The highest BCUT2D eigenvalue weighted by molar-refractivity contribution is 6.04. The van der Waals surface area contributed by atoms with E-state index in [-0.39, 0.29) is 22.9 Å². The summed E-state index contributed by atoms with van der Waals surface area (Å²) in [5.41, 5.74) is 0.305. The van der Waals surface area contributed by atoms with Gasteiger partial charge in [0, 0.05) is 19.2 Å². The van der Waals surface area contributed by atoms with Gasteiger partial charge in [-0.25, -0.2) is 0 Å². The molecule has 1 saturated heterocycles. The van der Waals surface area contributed by atoms with Crippen LogP contribution < -0.4 is 5.32 Å². The standard InChI is InChI=1S/C15H18N4O4/c20-15(16-6-9-18-7-2-1-3-8-18)14-12-5-4-11(19(21)22)10-13(12)23-17-14/h4-5,10H,1-3,6-9H2,(H,16,20). The molecule has 1 fully saturated rings. The lowest BCUT2D eigenvalue weighted by Gasteiger charge is -2.26. The van der Waals surface area contributed by atoms with Crippen molar-refractivity contribution in [3.63, 3.8) is 0 Å². The molecule has 1 aliphatic rings. The number of nitro benzene ring substituents is 1. The monoisotopic (exact) mass is 318 g/mol. The summed E-state index contributed by atoms with van der Waals surface area (Å²) in [7, 11) is 0. The molecule has 0 spiro atoms. The van der Waals surface area contributed by atoms with Crippen molar-refractivity contribution in [3.05, 3.63) is 34.0 Å². The molecule has 2 aromatic rings. The molecular formula is C15H18N4O4. The smallest absolute Gasteiger partial charge is 0.274 e. The fraction of sp³-hybridized carbons (Fsp3) is 0.467. The SMILES string of the molecule is O=C(NCCN1CCCCC1)c1noc2cc([N+](=O)[O-])ccc12. The highest BCUT2D eigenvalue weighted by atomic mass is 16.6. The lowest BCUT2D eigenvalue weighted by atomic mass is 10.1. The third kappa shape index (κ3) is 3.48. The Bertz CT molecular complexity index is 721. The van der Waals surface area contributed by atoms with E-state index in [0.717, 1.165) is 19.6 Å². The van der Waals surface area contributed by atoms with E-state index in [9.17, 15) is 14.9 Å². The largest absolute Gasteiger partial charge is 0.355 e. The Balaban J connectivity index is 1.63. The van der Waals surface area contributed by atoms with Crippen molar-refractivity contribution in [1.29, 1.82) is 0 Å². The highest BCUT2D eigenvalue weighted by Gasteiger charge is 2.18. The van der Waals surface area contributed by atoms with E-state index in [1.54, 1.807) is 0 Å². The molecule has 23 heavy (non-hydrogen) atoms. The number of piperidine rings is 1. The number of hydrogen-bond acceptors (Lipinski definition) is 6. The van der Waals surface area contributed by atoms with Gasteiger partial charge in [-0.3, -0.25) is 14.9 Å². The fourth-order valence-corrected chi connectivity index (χ4v) is 2.80. The molecule has 1 aliphatic heterocycles. The first-order valence-electron chi connectivity index (χ1n) is 7.69. The molecule has 0 radical (unpaired) electrons. The van der Waals surface area contributed by atoms with Crippen LogP contribution in [0.3, 0.4) is 0 Å². The van der Waals surface area contributed by atoms with E-state index in [1.165, 1.54) is 37.5 Å². The number of non-ortho nitro benzene ring substituents is 1. The van der Waals surface area contributed by atoms with E-state index in [2.05, 4.69) is 15.4 Å². The second-order valence-corrected chi connectivity index (χ2v) is 5.63. The van der Waals surface area contributed by atoms with Crippen molar-refractivity contribution < 1.29 is 14.2 Å². The van der Waals surface area contributed by atoms with Crippen LogP contribution in [0, 0.1) is 10.1 Å². The Morgan fingerprint density at radius 3 is 2.87 bits per heavy atom. The molecule has 1 N–H and O–H groups in total. The van der Waals surface area contributed by atoms with Crippen molar-refractivity contribution in [3.8, 4) is 0 Å². The summed E-state index contributed by atoms with van der Waals surface area (Å²) in [4.78, 5) is 24.7. The Kier molecular flexibility index (Phi) is 4.52. The molecule has 8 nitrogen and oxygen atoms in total. The van der Waals surface area contributed by atoms with E-state index in [4.69, 9.17) is 4.52 Å². The Labute approximate surface area is 132 Å². The van der Waals surface area contributed by atoms with Crippen molar-refractivity contribution in [1.82, 2.24) is 15.4 Å². The van der Waals surface area contributed by atoms with Crippen molar-refractivity contribution in [2.24, 2.45) is 0 Å². The molecule has 1 aromatic carbocycles. The van der Waals surface area contributed by atoms with Gasteiger partial charge in [-0.05, 0) is 32.0 Å². The maximum atomic E-state index is 12.2. The van der Waals surface area contributed by atoms with E-state index in [1.807, 2.05) is 0 Å². The predicted octanol–water partition coefficient (Wildman–Crippen LogP) is 1.95. The molecule has 8 heteroatoms. The molecule has 2 heterocycles. The molecule has 0 atom stereocenters. The summed E-state index contributed by atoms with van der Waals surface area (Å²) >= 11 is 0. The van der Waals surface area contributed by atoms with Crippen LogP contribution in [0.15, 0.2) is 22.7 Å². The van der Waals surface area contributed by atoms with Crippen molar-refractivity contribution in [2.75, 3.05) is 26.2 Å². The number of rotatable bonds is 5. The van der Waals surface area contributed by atoms with Gasteiger partial charge in [0.05, 0.1) is 16.4 Å². The van der Waals surface area contributed by atoms with Crippen LogP contribution in [0.2, 0.25) is 0 Å². The number of nitro groups is 1. The van der Waals surface area contributed by atoms with E-state index >= 15 is 0 Å². The second kappa shape index (κ2) is 6.74. The third-order valence-corrected chi connectivity index (χ3v) is 4.04.